The maximum absolute atomic E-state index is 13.5. The molecule has 202 valence electrons. The van der Waals surface area contributed by atoms with Crippen LogP contribution in [-0.4, -0.2) is 29.6 Å². The Labute approximate surface area is 227 Å². The first-order chi connectivity index (χ1) is 18.3. The molecular weight excluding hydrogens is 531 g/mol. The van der Waals surface area contributed by atoms with E-state index in [-0.39, 0.29) is 22.7 Å². The first-order valence-corrected chi connectivity index (χ1v) is 12.6. The number of nitrogens with zero attached hydrogens (tertiary/aromatic N) is 5. The van der Waals surface area contributed by atoms with Crippen LogP contribution in [0.2, 0.25) is 5.02 Å². The monoisotopic (exact) mass is 555 g/mol. The van der Waals surface area contributed by atoms with Gasteiger partial charge in [0.15, 0.2) is 5.82 Å². The van der Waals surface area contributed by atoms with E-state index in [0.717, 1.165) is 11.6 Å². The summed E-state index contributed by atoms with van der Waals surface area (Å²) in [5, 5.41) is 10.4. The second-order valence-corrected chi connectivity index (χ2v) is 10.7. The highest BCUT2D eigenvalue weighted by Gasteiger charge is 2.42. The second kappa shape index (κ2) is 9.53. The van der Waals surface area contributed by atoms with Gasteiger partial charge in [-0.05, 0) is 86.9 Å². The van der Waals surface area contributed by atoms with Crippen LogP contribution in [0.3, 0.4) is 0 Å². The van der Waals surface area contributed by atoms with E-state index in [2.05, 4.69) is 19.9 Å². The highest BCUT2D eigenvalue weighted by atomic mass is 35.5. The lowest BCUT2D eigenvalue weighted by Crippen LogP contribution is -2.23. The van der Waals surface area contributed by atoms with Crippen LogP contribution in [-0.2, 0) is 11.8 Å². The predicted octanol–water partition coefficient (Wildman–Crippen LogP) is 5.87. The van der Waals surface area contributed by atoms with Gasteiger partial charge >= 0.3 is 6.18 Å². The van der Waals surface area contributed by atoms with Gasteiger partial charge in [-0.15, -0.1) is 0 Å². The van der Waals surface area contributed by atoms with Crippen LogP contribution < -0.4 is 5.56 Å². The summed E-state index contributed by atoms with van der Waals surface area (Å²) in [5.74, 6) is 0.0864. The van der Waals surface area contributed by atoms with Crippen LogP contribution in [0.15, 0.2) is 53.7 Å². The average molecular weight is 556 g/mol. The molecule has 4 aromatic heterocycles. The van der Waals surface area contributed by atoms with Crippen molar-refractivity contribution in [1.82, 2.24) is 24.5 Å². The van der Waals surface area contributed by atoms with Crippen LogP contribution in [0.4, 0.5) is 13.2 Å². The summed E-state index contributed by atoms with van der Waals surface area (Å²) in [7, 11) is 0. The van der Waals surface area contributed by atoms with Gasteiger partial charge in [0.2, 0.25) is 0 Å². The Morgan fingerprint density at radius 3 is 2.38 bits per heavy atom. The third-order valence-electron chi connectivity index (χ3n) is 6.84. The Morgan fingerprint density at radius 2 is 1.74 bits per heavy atom. The van der Waals surface area contributed by atoms with Crippen molar-refractivity contribution in [3.63, 3.8) is 0 Å². The first kappa shape index (κ1) is 27.0. The van der Waals surface area contributed by atoms with Gasteiger partial charge in [-0.25, -0.2) is 9.97 Å². The Balaban J connectivity index is 1.49. The zero-order valence-corrected chi connectivity index (χ0v) is 22.3. The predicted molar refractivity (Wildman–Crippen MR) is 140 cm³/mol. The van der Waals surface area contributed by atoms with E-state index in [4.69, 9.17) is 11.6 Å². The van der Waals surface area contributed by atoms with Crippen molar-refractivity contribution in [2.75, 3.05) is 0 Å². The minimum atomic E-state index is -4.50. The lowest BCUT2D eigenvalue weighted by atomic mass is 10.0. The lowest BCUT2D eigenvalue weighted by Gasteiger charge is -2.17. The van der Waals surface area contributed by atoms with Crippen LogP contribution in [0, 0.1) is 13.8 Å². The summed E-state index contributed by atoms with van der Waals surface area (Å²) in [6.45, 7) is 6.81. The Bertz CT molecular complexity index is 1630. The number of aryl methyl sites for hydroxylation is 2. The molecule has 0 radical (unpaired) electrons. The van der Waals surface area contributed by atoms with Gasteiger partial charge < -0.3 is 5.11 Å². The molecule has 39 heavy (non-hydrogen) atoms. The van der Waals surface area contributed by atoms with E-state index in [9.17, 15) is 23.1 Å². The molecule has 0 amide bonds. The number of hydrogen-bond donors (Lipinski definition) is 1. The molecule has 0 spiro atoms. The molecule has 7 nitrogen and oxygen atoms in total. The van der Waals surface area contributed by atoms with Crippen molar-refractivity contribution in [2.24, 2.45) is 0 Å². The normalized spacial score (nSPS) is 17.4. The standard InChI is InChI=1S/C28H25ClF3N5O2/c1-14-12-34-21(20-7-8-33-26(36-20)27(3,4)39)11-22(14)37-15(2)9-19(24(29)25(37)38)18-10-17(18)16-5-6-23(35-13-16)28(30,31)32/h5-9,11-13,17-18,39H,10H2,1-4H3/t17-,18+/m1/s1. The van der Waals surface area contributed by atoms with Crippen molar-refractivity contribution in [3.8, 4) is 17.1 Å². The molecule has 0 unspecified atom stereocenters. The molecule has 0 aromatic carbocycles. The molecular formula is C28H25ClF3N5O2. The van der Waals surface area contributed by atoms with Gasteiger partial charge in [0.05, 0.1) is 17.1 Å². The highest BCUT2D eigenvalue weighted by molar-refractivity contribution is 6.31. The third kappa shape index (κ3) is 5.18. The van der Waals surface area contributed by atoms with Crippen molar-refractivity contribution < 1.29 is 18.3 Å². The number of halogens is 4. The third-order valence-corrected chi connectivity index (χ3v) is 7.22. The zero-order chi connectivity index (χ0) is 28.3. The van der Waals surface area contributed by atoms with Gasteiger partial charge in [0, 0.05) is 24.3 Å². The van der Waals surface area contributed by atoms with Gasteiger partial charge in [-0.2, -0.15) is 13.2 Å². The quantitative estimate of drug-likeness (QED) is 0.331. The fraction of sp³-hybridized carbons (Fsp3) is 0.321. The van der Waals surface area contributed by atoms with E-state index in [1.54, 1.807) is 39.1 Å². The molecule has 1 aliphatic carbocycles. The molecule has 11 heteroatoms. The molecule has 4 aromatic rings. The molecule has 1 aliphatic rings. The Hall–Kier alpha value is -3.63. The first-order valence-electron chi connectivity index (χ1n) is 12.2. The Morgan fingerprint density at radius 1 is 1.00 bits per heavy atom. The number of aromatic nitrogens is 5. The van der Waals surface area contributed by atoms with Crippen LogP contribution in [0.25, 0.3) is 17.1 Å². The van der Waals surface area contributed by atoms with E-state index in [1.165, 1.54) is 23.0 Å². The Kier molecular flexibility index (Phi) is 6.59. The second-order valence-electron chi connectivity index (χ2n) is 10.3. The highest BCUT2D eigenvalue weighted by Crippen LogP contribution is 2.55. The summed E-state index contributed by atoms with van der Waals surface area (Å²) in [5.41, 5.74) is 1.72. The molecule has 4 heterocycles. The van der Waals surface area contributed by atoms with Crippen molar-refractivity contribution in [1.29, 1.82) is 0 Å². The summed E-state index contributed by atoms with van der Waals surface area (Å²) >= 11 is 6.61. The number of pyridine rings is 3. The van der Waals surface area contributed by atoms with E-state index >= 15 is 0 Å². The van der Waals surface area contributed by atoms with E-state index in [0.29, 0.717) is 40.3 Å². The molecule has 0 saturated heterocycles. The molecule has 1 N–H and O–H groups in total. The molecule has 5 rings (SSSR count). The molecule has 1 fully saturated rings. The van der Waals surface area contributed by atoms with Gasteiger partial charge in [-0.1, -0.05) is 17.7 Å². The van der Waals surface area contributed by atoms with Crippen LogP contribution >= 0.6 is 11.6 Å². The van der Waals surface area contributed by atoms with Crippen molar-refractivity contribution in [2.45, 2.75) is 57.7 Å². The summed E-state index contributed by atoms with van der Waals surface area (Å²) < 4.78 is 40.1. The molecule has 0 bridgehead atoms. The van der Waals surface area contributed by atoms with Crippen LogP contribution in [0.1, 0.15) is 66.0 Å². The molecule has 0 aliphatic heterocycles. The van der Waals surface area contributed by atoms with Crippen LogP contribution in [0.5, 0.6) is 0 Å². The maximum atomic E-state index is 13.5. The fourth-order valence-electron chi connectivity index (χ4n) is 4.69. The van der Waals surface area contributed by atoms with Gasteiger partial charge in [0.1, 0.15) is 16.3 Å². The molecule has 2 atom stereocenters. The summed E-state index contributed by atoms with van der Waals surface area (Å²) in [4.78, 5) is 30.1. The number of hydrogen-bond acceptors (Lipinski definition) is 6. The fourth-order valence-corrected chi connectivity index (χ4v) is 4.97. The smallest absolute Gasteiger partial charge is 0.382 e. The molecule has 1 saturated carbocycles. The SMILES string of the molecule is Cc1cnc(-c2ccnc(C(C)(C)O)n2)cc1-n1c(C)cc([C@H]2C[C@@H]2c2ccc(C(F)(F)F)nc2)c(Cl)c1=O. The zero-order valence-electron chi connectivity index (χ0n) is 21.6. The van der Waals surface area contributed by atoms with Gasteiger partial charge in [-0.3, -0.25) is 19.3 Å². The van der Waals surface area contributed by atoms with E-state index < -0.39 is 23.0 Å². The minimum absolute atomic E-state index is 0.0658. The average Bonchev–Trinajstić information content (AvgIpc) is 3.67. The number of rotatable bonds is 5. The maximum Gasteiger partial charge on any atom is 0.433 e. The largest absolute Gasteiger partial charge is 0.433 e. The summed E-state index contributed by atoms with van der Waals surface area (Å²) in [6, 6.07) is 7.67. The number of alkyl halides is 3. The van der Waals surface area contributed by atoms with Crippen molar-refractivity contribution >= 4 is 11.6 Å². The lowest BCUT2D eigenvalue weighted by molar-refractivity contribution is -0.141. The minimum Gasteiger partial charge on any atom is -0.382 e. The van der Waals surface area contributed by atoms with Crippen molar-refractivity contribution in [3.05, 3.63) is 98.2 Å². The number of aliphatic hydroxyl groups is 1. The van der Waals surface area contributed by atoms with E-state index in [1.807, 2.05) is 13.0 Å². The summed E-state index contributed by atoms with van der Waals surface area (Å²) in [6.07, 6.45) is 0.582. The topological polar surface area (TPSA) is 93.8 Å². The van der Waals surface area contributed by atoms with Gasteiger partial charge in [0.25, 0.3) is 5.56 Å².